The molecule has 0 radical (unpaired) electrons. The molecule has 8 rings (SSSR count). The zero-order valence-electron chi connectivity index (χ0n) is 25.6. The summed E-state index contributed by atoms with van der Waals surface area (Å²) in [5, 5.41) is 4.96. The smallest absolute Gasteiger partial charge is 0.0540 e. The molecule has 7 aromatic rings. The summed E-state index contributed by atoms with van der Waals surface area (Å²) in [6, 6.07) is 60.8. The highest BCUT2D eigenvalue weighted by Gasteiger charge is 2.20. The molecule has 220 valence electrons. The topological polar surface area (TPSA) is 6.48 Å². The summed E-state index contributed by atoms with van der Waals surface area (Å²) in [4.78, 5) is 4.75. The van der Waals surface area contributed by atoms with E-state index in [0.29, 0.717) is 5.92 Å². The molecule has 0 saturated heterocycles. The van der Waals surface area contributed by atoms with Crippen LogP contribution >= 0.6 is 0 Å². The fourth-order valence-corrected chi connectivity index (χ4v) is 6.71. The normalized spacial score (nSPS) is 14.3. The molecule has 0 fully saturated rings. The molecule has 0 N–H and O–H groups in total. The van der Waals surface area contributed by atoms with Gasteiger partial charge in [0, 0.05) is 39.4 Å². The third-order valence-electron chi connectivity index (χ3n) is 8.96. The van der Waals surface area contributed by atoms with Crippen LogP contribution in [0.25, 0.3) is 21.5 Å². The Labute approximate surface area is 270 Å². The first-order valence-electron chi connectivity index (χ1n) is 16.0. The molecule has 46 heavy (non-hydrogen) atoms. The van der Waals surface area contributed by atoms with Crippen LogP contribution in [0, 0.1) is 0 Å². The lowest BCUT2D eigenvalue weighted by Gasteiger charge is -2.30. The Morgan fingerprint density at radius 3 is 1.46 bits per heavy atom. The number of para-hydroxylation sites is 2. The third-order valence-corrected chi connectivity index (χ3v) is 8.96. The van der Waals surface area contributed by atoms with E-state index in [1.54, 1.807) is 0 Å². The quantitative estimate of drug-likeness (QED) is 0.182. The van der Waals surface area contributed by atoms with E-state index in [1.807, 2.05) is 0 Å². The number of nitrogens with zero attached hydrogens (tertiary/aromatic N) is 2. The lowest BCUT2D eigenvalue weighted by atomic mass is 9.91. The first-order valence-corrected chi connectivity index (χ1v) is 16.0. The van der Waals surface area contributed by atoms with E-state index in [1.165, 1.54) is 44.2 Å². The summed E-state index contributed by atoms with van der Waals surface area (Å²) < 4.78 is 0. The van der Waals surface area contributed by atoms with E-state index in [9.17, 15) is 0 Å². The molecule has 0 spiro atoms. The van der Waals surface area contributed by atoms with Crippen LogP contribution in [-0.4, -0.2) is 0 Å². The van der Waals surface area contributed by atoms with Crippen molar-refractivity contribution >= 4 is 50.0 Å². The van der Waals surface area contributed by atoms with Gasteiger partial charge in [0.15, 0.2) is 0 Å². The van der Waals surface area contributed by atoms with Crippen molar-refractivity contribution in [3.63, 3.8) is 0 Å². The van der Waals surface area contributed by atoms with Crippen LogP contribution in [0.5, 0.6) is 0 Å². The zero-order valence-corrected chi connectivity index (χ0v) is 25.6. The molecule has 1 aliphatic carbocycles. The standard InChI is InChI=1S/C44H34N2/c1-3-17-37(18-4-1)45(43-23-11-15-35-13-7-9-21-41(35)43)39-29-25-33(26-30-39)34-27-31-40(32-28-34)46(38-19-5-2-6-20-38)44-24-12-16-36-14-8-10-22-42(36)44/h1-27,29-32,34H,28H2. The van der Waals surface area contributed by atoms with Gasteiger partial charge in [-0.25, -0.2) is 0 Å². The van der Waals surface area contributed by atoms with E-state index in [2.05, 4.69) is 198 Å². The number of hydrogen-bond donors (Lipinski definition) is 0. The van der Waals surface area contributed by atoms with Gasteiger partial charge >= 0.3 is 0 Å². The van der Waals surface area contributed by atoms with Gasteiger partial charge in [-0.1, -0.05) is 133 Å². The summed E-state index contributed by atoms with van der Waals surface area (Å²) in [7, 11) is 0. The van der Waals surface area contributed by atoms with Crippen LogP contribution in [0.1, 0.15) is 17.9 Å². The van der Waals surface area contributed by atoms with Crippen molar-refractivity contribution < 1.29 is 0 Å². The summed E-state index contributed by atoms with van der Waals surface area (Å²) in [6.07, 6.45) is 7.99. The molecule has 1 unspecified atom stereocenters. The van der Waals surface area contributed by atoms with Crippen LogP contribution in [0.15, 0.2) is 194 Å². The summed E-state index contributed by atoms with van der Waals surface area (Å²) in [5.41, 5.74) is 8.33. The van der Waals surface area contributed by atoms with Crippen molar-refractivity contribution in [2.45, 2.75) is 12.3 Å². The SMILES string of the molecule is C1=CC(c2ccc(N(c3ccccc3)c3cccc4ccccc34)cc2)CC=C1N(c1ccccc1)c1cccc2ccccc12. The molecule has 0 amide bonds. The van der Waals surface area contributed by atoms with Crippen molar-refractivity contribution in [2.24, 2.45) is 0 Å². The van der Waals surface area contributed by atoms with Gasteiger partial charge in [0.25, 0.3) is 0 Å². The number of anilines is 5. The molecule has 0 aliphatic heterocycles. The van der Waals surface area contributed by atoms with E-state index >= 15 is 0 Å². The molecule has 7 aromatic carbocycles. The molecule has 0 aromatic heterocycles. The highest BCUT2D eigenvalue weighted by molar-refractivity contribution is 5.99. The van der Waals surface area contributed by atoms with Crippen LogP contribution < -0.4 is 9.80 Å². The minimum atomic E-state index is 0.311. The molecule has 1 aliphatic rings. The van der Waals surface area contributed by atoms with Gasteiger partial charge in [-0.3, -0.25) is 0 Å². The second-order valence-electron chi connectivity index (χ2n) is 11.8. The van der Waals surface area contributed by atoms with E-state index in [0.717, 1.165) is 23.5 Å². The number of hydrogen-bond acceptors (Lipinski definition) is 2. The molecular formula is C44H34N2. The van der Waals surface area contributed by atoms with Crippen LogP contribution in [0.2, 0.25) is 0 Å². The maximum atomic E-state index is 2.39. The van der Waals surface area contributed by atoms with Crippen molar-refractivity contribution in [1.82, 2.24) is 0 Å². The van der Waals surface area contributed by atoms with Crippen molar-refractivity contribution in [2.75, 3.05) is 9.80 Å². The van der Waals surface area contributed by atoms with Gasteiger partial charge in [0.05, 0.1) is 11.4 Å². The summed E-state index contributed by atoms with van der Waals surface area (Å²) in [5.74, 6) is 0.311. The van der Waals surface area contributed by atoms with Crippen LogP contribution in [-0.2, 0) is 0 Å². The minimum absolute atomic E-state index is 0.311. The van der Waals surface area contributed by atoms with Gasteiger partial charge in [0.1, 0.15) is 0 Å². The van der Waals surface area contributed by atoms with E-state index in [4.69, 9.17) is 0 Å². The Morgan fingerprint density at radius 2 is 0.891 bits per heavy atom. The Bertz CT molecular complexity index is 2170. The monoisotopic (exact) mass is 590 g/mol. The molecule has 2 heteroatoms. The zero-order chi connectivity index (χ0) is 30.7. The average Bonchev–Trinajstić information content (AvgIpc) is 3.14. The Morgan fingerprint density at radius 1 is 0.413 bits per heavy atom. The predicted octanol–water partition coefficient (Wildman–Crippen LogP) is 12.2. The Hall–Kier alpha value is -5.86. The molecule has 0 bridgehead atoms. The van der Waals surface area contributed by atoms with E-state index < -0.39 is 0 Å². The number of rotatable bonds is 7. The highest BCUT2D eigenvalue weighted by Crippen LogP contribution is 2.41. The highest BCUT2D eigenvalue weighted by atomic mass is 15.2. The first kappa shape index (κ1) is 27.7. The van der Waals surface area contributed by atoms with Crippen LogP contribution in [0.3, 0.4) is 0 Å². The average molecular weight is 591 g/mol. The summed E-state index contributed by atoms with van der Waals surface area (Å²) in [6.45, 7) is 0. The fourth-order valence-electron chi connectivity index (χ4n) is 6.71. The largest absolute Gasteiger partial charge is 0.310 e. The molecule has 0 heterocycles. The lowest BCUT2D eigenvalue weighted by molar-refractivity contribution is 0.840. The van der Waals surface area contributed by atoms with E-state index in [-0.39, 0.29) is 0 Å². The molecule has 2 nitrogen and oxygen atoms in total. The van der Waals surface area contributed by atoms with Gasteiger partial charge in [0.2, 0.25) is 0 Å². The number of allylic oxidation sites excluding steroid dienone is 3. The molecular weight excluding hydrogens is 556 g/mol. The second-order valence-corrected chi connectivity index (χ2v) is 11.8. The summed E-state index contributed by atoms with van der Waals surface area (Å²) >= 11 is 0. The molecule has 1 atom stereocenters. The van der Waals surface area contributed by atoms with Gasteiger partial charge in [-0.15, -0.1) is 0 Å². The maximum Gasteiger partial charge on any atom is 0.0540 e. The Kier molecular flexibility index (Phi) is 7.38. The first-order chi connectivity index (χ1) is 22.8. The third kappa shape index (κ3) is 5.25. The minimum Gasteiger partial charge on any atom is -0.310 e. The maximum absolute atomic E-state index is 2.39. The van der Waals surface area contributed by atoms with Crippen molar-refractivity contribution in [3.05, 3.63) is 199 Å². The van der Waals surface area contributed by atoms with Gasteiger partial charge in [-0.2, -0.15) is 0 Å². The second kappa shape index (κ2) is 12.3. The van der Waals surface area contributed by atoms with Crippen molar-refractivity contribution in [3.8, 4) is 0 Å². The molecule has 0 saturated carbocycles. The predicted molar refractivity (Wildman–Crippen MR) is 196 cm³/mol. The fraction of sp³-hybridized carbons (Fsp3) is 0.0455. The number of fused-ring (bicyclic) bond motifs is 2. The van der Waals surface area contributed by atoms with Crippen molar-refractivity contribution in [1.29, 1.82) is 0 Å². The van der Waals surface area contributed by atoms with Crippen LogP contribution in [0.4, 0.5) is 28.4 Å². The lowest BCUT2D eigenvalue weighted by Crippen LogP contribution is -2.17. The Balaban J connectivity index is 1.11. The van der Waals surface area contributed by atoms with Gasteiger partial charge < -0.3 is 9.80 Å². The van der Waals surface area contributed by atoms with Gasteiger partial charge in [-0.05, 0) is 77.4 Å². The number of benzene rings is 7.